The number of primary amides is 1. The van der Waals surface area contributed by atoms with Gasteiger partial charge in [0.2, 0.25) is 0 Å². The summed E-state index contributed by atoms with van der Waals surface area (Å²) in [6.07, 6.45) is -0.773. The van der Waals surface area contributed by atoms with Crippen molar-refractivity contribution in [2.24, 2.45) is 5.73 Å². The summed E-state index contributed by atoms with van der Waals surface area (Å²) in [6, 6.07) is 5.80. The lowest BCUT2D eigenvalue weighted by atomic mass is 9.88. The topological polar surface area (TPSA) is 61.5 Å². The number of nitrogens with two attached hydrogens (primary N) is 1. The Hall–Kier alpha value is -1.07. The molecule has 0 aromatic heterocycles. The molecule has 2 N–H and O–H groups in total. The highest BCUT2D eigenvalue weighted by Gasteiger charge is 2.45. The number of ether oxygens (including phenoxy) is 2. The van der Waals surface area contributed by atoms with Crippen LogP contribution >= 0.6 is 15.9 Å². The number of rotatable bonds is 2. The molecule has 5 heteroatoms. The Kier molecular flexibility index (Phi) is 2.90. The summed E-state index contributed by atoms with van der Waals surface area (Å²) in [5, 5.41) is 0. The standard InChI is InChI=1S/C11H12BrNO3/c1-7-4-8(12)2-3-9(7)11(5-15-6-11)16-10(13)14/h2-4H,5-6H2,1H3,(H2,13,14). The molecule has 0 aliphatic carbocycles. The molecule has 0 bridgehead atoms. The molecule has 1 amide bonds. The molecule has 0 spiro atoms. The molecule has 4 nitrogen and oxygen atoms in total. The lowest BCUT2D eigenvalue weighted by Crippen LogP contribution is -2.51. The Bertz CT molecular complexity index is 429. The number of benzene rings is 1. The molecule has 1 fully saturated rings. The van der Waals surface area contributed by atoms with Gasteiger partial charge in [-0.25, -0.2) is 4.79 Å². The lowest BCUT2D eigenvalue weighted by molar-refractivity contribution is -0.183. The number of carbonyl (C=O) groups is 1. The van der Waals surface area contributed by atoms with E-state index in [1.165, 1.54) is 0 Å². The molecule has 1 aromatic rings. The summed E-state index contributed by atoms with van der Waals surface area (Å²) in [7, 11) is 0. The van der Waals surface area contributed by atoms with Gasteiger partial charge in [0, 0.05) is 10.0 Å². The van der Waals surface area contributed by atoms with Gasteiger partial charge in [-0.2, -0.15) is 0 Å². The Morgan fingerprint density at radius 1 is 1.56 bits per heavy atom. The van der Waals surface area contributed by atoms with Crippen LogP contribution in [0.1, 0.15) is 11.1 Å². The van der Waals surface area contributed by atoms with E-state index in [4.69, 9.17) is 15.2 Å². The van der Waals surface area contributed by atoms with Crippen LogP contribution in [0.5, 0.6) is 0 Å². The van der Waals surface area contributed by atoms with Crippen LogP contribution in [0, 0.1) is 6.92 Å². The van der Waals surface area contributed by atoms with E-state index >= 15 is 0 Å². The Balaban J connectivity index is 2.36. The molecule has 0 saturated carbocycles. The third-order valence-electron chi connectivity index (χ3n) is 2.65. The first-order valence-electron chi connectivity index (χ1n) is 4.86. The minimum Gasteiger partial charge on any atom is -0.433 e. The fourth-order valence-electron chi connectivity index (χ4n) is 1.89. The summed E-state index contributed by atoms with van der Waals surface area (Å²) in [5.41, 5.74) is 6.37. The van der Waals surface area contributed by atoms with Gasteiger partial charge in [-0.1, -0.05) is 22.0 Å². The van der Waals surface area contributed by atoms with Crippen LogP contribution in [-0.2, 0) is 15.1 Å². The maximum absolute atomic E-state index is 10.9. The zero-order chi connectivity index (χ0) is 11.8. The molecule has 1 aliphatic rings. The summed E-state index contributed by atoms with van der Waals surface area (Å²) < 4.78 is 11.3. The van der Waals surface area contributed by atoms with E-state index in [1.54, 1.807) is 0 Å². The van der Waals surface area contributed by atoms with Crippen LogP contribution in [0.25, 0.3) is 0 Å². The first-order chi connectivity index (χ1) is 7.53. The summed E-state index contributed by atoms with van der Waals surface area (Å²) in [5.74, 6) is 0. The van der Waals surface area contributed by atoms with Crippen molar-refractivity contribution < 1.29 is 14.3 Å². The van der Waals surface area contributed by atoms with E-state index < -0.39 is 11.7 Å². The van der Waals surface area contributed by atoms with E-state index in [0.29, 0.717) is 13.2 Å². The molecule has 1 aliphatic heterocycles. The smallest absolute Gasteiger partial charge is 0.405 e. The van der Waals surface area contributed by atoms with Crippen molar-refractivity contribution in [3.8, 4) is 0 Å². The van der Waals surface area contributed by atoms with E-state index in [-0.39, 0.29) is 0 Å². The molecule has 0 atom stereocenters. The van der Waals surface area contributed by atoms with E-state index in [1.807, 2.05) is 25.1 Å². The van der Waals surface area contributed by atoms with Gasteiger partial charge in [0.05, 0.1) is 13.2 Å². The second kappa shape index (κ2) is 4.07. The summed E-state index contributed by atoms with van der Waals surface area (Å²) >= 11 is 3.39. The summed E-state index contributed by atoms with van der Waals surface area (Å²) in [4.78, 5) is 10.9. The number of hydrogen-bond donors (Lipinski definition) is 1. The lowest BCUT2D eigenvalue weighted by Gasteiger charge is -2.41. The quantitative estimate of drug-likeness (QED) is 0.905. The fraction of sp³-hybridized carbons (Fsp3) is 0.364. The SMILES string of the molecule is Cc1cc(Br)ccc1C1(OC(N)=O)COC1. The van der Waals surface area contributed by atoms with Crippen LogP contribution in [0.3, 0.4) is 0 Å². The van der Waals surface area contributed by atoms with Crippen molar-refractivity contribution in [2.45, 2.75) is 12.5 Å². The second-order valence-corrected chi connectivity index (χ2v) is 4.78. The van der Waals surface area contributed by atoms with Crippen molar-refractivity contribution in [3.05, 3.63) is 33.8 Å². The second-order valence-electron chi connectivity index (χ2n) is 3.87. The third-order valence-corrected chi connectivity index (χ3v) is 3.14. The highest BCUT2D eigenvalue weighted by molar-refractivity contribution is 9.10. The van der Waals surface area contributed by atoms with Crippen LogP contribution in [-0.4, -0.2) is 19.3 Å². The molecule has 16 heavy (non-hydrogen) atoms. The zero-order valence-corrected chi connectivity index (χ0v) is 10.4. The number of amides is 1. The molecule has 0 unspecified atom stereocenters. The average molecular weight is 286 g/mol. The van der Waals surface area contributed by atoms with Crippen LogP contribution < -0.4 is 5.73 Å². The Morgan fingerprint density at radius 3 is 2.69 bits per heavy atom. The van der Waals surface area contributed by atoms with E-state index in [9.17, 15) is 4.79 Å². The highest BCUT2D eigenvalue weighted by Crippen LogP contribution is 2.36. The Morgan fingerprint density at radius 2 is 2.25 bits per heavy atom. The first-order valence-corrected chi connectivity index (χ1v) is 5.66. The molecule has 1 aromatic carbocycles. The van der Waals surface area contributed by atoms with Gasteiger partial charge < -0.3 is 15.2 Å². The van der Waals surface area contributed by atoms with Crippen molar-refractivity contribution in [1.82, 2.24) is 0 Å². The fourth-order valence-corrected chi connectivity index (χ4v) is 2.36. The molecular weight excluding hydrogens is 274 g/mol. The number of carbonyl (C=O) groups excluding carboxylic acids is 1. The van der Waals surface area contributed by atoms with Gasteiger partial charge >= 0.3 is 6.09 Å². The predicted octanol–water partition coefficient (Wildman–Crippen LogP) is 2.08. The highest BCUT2D eigenvalue weighted by atomic mass is 79.9. The number of aryl methyl sites for hydroxylation is 1. The minimum atomic E-state index is -0.773. The number of halogens is 1. The largest absolute Gasteiger partial charge is 0.433 e. The number of hydrogen-bond acceptors (Lipinski definition) is 3. The van der Waals surface area contributed by atoms with Crippen LogP contribution in [0.2, 0.25) is 0 Å². The van der Waals surface area contributed by atoms with Gasteiger partial charge in [0.25, 0.3) is 0 Å². The summed E-state index contributed by atoms with van der Waals surface area (Å²) in [6.45, 7) is 2.68. The predicted molar refractivity (Wildman–Crippen MR) is 62.0 cm³/mol. The van der Waals surface area contributed by atoms with Gasteiger partial charge in [0.15, 0.2) is 5.60 Å². The van der Waals surface area contributed by atoms with E-state index in [0.717, 1.165) is 15.6 Å². The Labute approximate surface area is 102 Å². The molecule has 86 valence electrons. The molecule has 0 radical (unpaired) electrons. The normalized spacial score (nSPS) is 17.6. The van der Waals surface area contributed by atoms with Gasteiger partial charge in [-0.3, -0.25) is 0 Å². The maximum atomic E-state index is 10.9. The average Bonchev–Trinajstić information content (AvgIpc) is 2.12. The van der Waals surface area contributed by atoms with Crippen LogP contribution in [0.4, 0.5) is 4.79 Å². The minimum absolute atomic E-state index is 0.360. The van der Waals surface area contributed by atoms with Crippen molar-refractivity contribution in [3.63, 3.8) is 0 Å². The van der Waals surface area contributed by atoms with Crippen LogP contribution in [0.15, 0.2) is 22.7 Å². The van der Waals surface area contributed by atoms with Gasteiger partial charge in [0.1, 0.15) is 0 Å². The van der Waals surface area contributed by atoms with E-state index in [2.05, 4.69) is 15.9 Å². The first kappa shape index (κ1) is 11.4. The van der Waals surface area contributed by atoms with Crippen molar-refractivity contribution in [2.75, 3.05) is 13.2 Å². The van der Waals surface area contributed by atoms with Crippen molar-refractivity contribution >= 4 is 22.0 Å². The monoisotopic (exact) mass is 285 g/mol. The third kappa shape index (κ3) is 1.92. The molecule has 2 rings (SSSR count). The maximum Gasteiger partial charge on any atom is 0.405 e. The zero-order valence-electron chi connectivity index (χ0n) is 8.83. The van der Waals surface area contributed by atoms with Gasteiger partial charge in [-0.15, -0.1) is 0 Å². The molecular formula is C11H12BrNO3. The molecule has 1 heterocycles. The van der Waals surface area contributed by atoms with Gasteiger partial charge in [-0.05, 0) is 24.6 Å². The molecule has 1 saturated heterocycles. The van der Waals surface area contributed by atoms with Crippen molar-refractivity contribution in [1.29, 1.82) is 0 Å².